The molecule has 0 saturated heterocycles. The second-order valence-electron chi connectivity index (χ2n) is 6.62. The number of amides is 1. The average molecular weight is 379 g/mol. The zero-order valence-electron chi connectivity index (χ0n) is 14.6. The molecule has 2 aromatic rings. The number of H-pyrrole nitrogens is 1. The molecule has 0 radical (unpaired) electrons. The van der Waals surface area contributed by atoms with E-state index in [0.29, 0.717) is 35.7 Å². The maximum absolute atomic E-state index is 12.5. The second-order valence-corrected chi connectivity index (χ2v) is 8.39. The predicted molar refractivity (Wildman–Crippen MR) is 102 cm³/mol. The van der Waals surface area contributed by atoms with Crippen molar-refractivity contribution < 1.29 is 14.6 Å². The summed E-state index contributed by atoms with van der Waals surface area (Å²) in [6, 6.07) is 3.92. The molecular weight excluding hydrogens is 356 g/mol. The first-order valence-corrected chi connectivity index (χ1v) is 9.53. The number of fused-ring (bicyclic) bond motifs is 1. The van der Waals surface area contributed by atoms with Gasteiger partial charge in [-0.25, -0.2) is 0 Å². The molecule has 5 nitrogen and oxygen atoms in total. The van der Waals surface area contributed by atoms with Gasteiger partial charge in [-0.3, -0.25) is 4.79 Å². The lowest BCUT2D eigenvalue weighted by molar-refractivity contribution is -0.119. The van der Waals surface area contributed by atoms with Gasteiger partial charge in [-0.05, 0) is 41.7 Å². The van der Waals surface area contributed by atoms with Gasteiger partial charge in [0.05, 0.1) is 17.7 Å². The summed E-state index contributed by atoms with van der Waals surface area (Å²) >= 11 is 6.49. The Labute approximate surface area is 156 Å². The number of aromatic hydroxyl groups is 1. The lowest BCUT2D eigenvalue weighted by atomic mass is 9.92. The fourth-order valence-electron chi connectivity index (χ4n) is 3.26. The second kappa shape index (κ2) is 7.17. The van der Waals surface area contributed by atoms with E-state index >= 15 is 0 Å². The van der Waals surface area contributed by atoms with Crippen LogP contribution >= 0.6 is 23.6 Å². The van der Waals surface area contributed by atoms with Crippen molar-refractivity contribution in [2.75, 3.05) is 18.6 Å². The number of hydrogen-bond donors (Lipinski definition) is 2. The topological polar surface area (TPSA) is 65.6 Å². The molecule has 7 heteroatoms. The number of methoxy groups -OCH3 is 1. The van der Waals surface area contributed by atoms with Crippen molar-refractivity contribution in [2.45, 2.75) is 33.1 Å². The van der Waals surface area contributed by atoms with E-state index in [0.717, 1.165) is 27.4 Å². The molecule has 1 aromatic heterocycles. The standard InChI is InChI=1S/C18H22N2O3S2/c1-10(2)9-20-15(21)7-5-12-11(4-6-13(23-3)16(12)20)8-14-17(22)19-18(24)25-14/h4,6,10,22H,5,7-9H2,1-3H3,(H,19,24). The van der Waals surface area contributed by atoms with Crippen molar-refractivity contribution in [3.63, 3.8) is 0 Å². The highest BCUT2D eigenvalue weighted by molar-refractivity contribution is 7.73. The number of rotatable bonds is 5. The monoisotopic (exact) mass is 378 g/mol. The summed E-state index contributed by atoms with van der Waals surface area (Å²) in [4.78, 5) is 17.9. The molecule has 1 aromatic carbocycles. The van der Waals surface area contributed by atoms with Crippen molar-refractivity contribution in [3.8, 4) is 11.6 Å². The lowest BCUT2D eigenvalue weighted by Gasteiger charge is -2.33. The van der Waals surface area contributed by atoms with Crippen molar-refractivity contribution in [2.24, 2.45) is 5.92 Å². The molecule has 0 atom stereocenters. The van der Waals surface area contributed by atoms with Crippen LogP contribution in [0.1, 0.15) is 36.3 Å². The Balaban J connectivity index is 2.08. The van der Waals surface area contributed by atoms with Crippen LogP contribution in [0.25, 0.3) is 0 Å². The molecule has 25 heavy (non-hydrogen) atoms. The molecule has 134 valence electrons. The number of aromatic nitrogens is 1. The minimum absolute atomic E-state index is 0.130. The number of carbonyl (C=O) groups is 1. The van der Waals surface area contributed by atoms with Gasteiger partial charge in [0, 0.05) is 19.4 Å². The van der Waals surface area contributed by atoms with E-state index in [9.17, 15) is 9.90 Å². The van der Waals surface area contributed by atoms with Crippen LogP contribution < -0.4 is 9.64 Å². The van der Waals surface area contributed by atoms with Gasteiger partial charge in [0.25, 0.3) is 0 Å². The molecule has 0 unspecified atom stereocenters. The minimum atomic E-state index is 0.130. The number of carbonyl (C=O) groups excluding carboxylic acids is 1. The van der Waals surface area contributed by atoms with Crippen LogP contribution in [-0.4, -0.2) is 29.7 Å². The molecule has 0 aliphatic carbocycles. The normalized spacial score (nSPS) is 14.1. The van der Waals surface area contributed by atoms with Gasteiger partial charge in [-0.15, -0.1) is 11.3 Å². The van der Waals surface area contributed by atoms with Crippen LogP contribution in [0.3, 0.4) is 0 Å². The van der Waals surface area contributed by atoms with Crippen LogP contribution in [0.2, 0.25) is 0 Å². The summed E-state index contributed by atoms with van der Waals surface area (Å²) in [6.07, 6.45) is 1.76. The van der Waals surface area contributed by atoms with E-state index in [1.165, 1.54) is 11.3 Å². The molecule has 0 spiro atoms. The van der Waals surface area contributed by atoms with Gasteiger partial charge >= 0.3 is 0 Å². The smallest absolute Gasteiger partial charge is 0.227 e. The van der Waals surface area contributed by atoms with Gasteiger partial charge in [0.15, 0.2) is 3.95 Å². The molecule has 0 bridgehead atoms. The number of nitrogens with zero attached hydrogens (tertiary/aromatic N) is 1. The summed E-state index contributed by atoms with van der Waals surface area (Å²) in [5, 5.41) is 10.0. The van der Waals surface area contributed by atoms with Crippen LogP contribution in [0.5, 0.6) is 11.6 Å². The molecule has 0 fully saturated rings. The molecular formula is C18H22N2O3S2. The SMILES string of the molecule is COc1ccc(Cc2sc(=S)[nH]c2O)c2c1N(CC(C)C)C(=O)CC2. The van der Waals surface area contributed by atoms with Crippen LogP contribution in [-0.2, 0) is 17.6 Å². The van der Waals surface area contributed by atoms with Crippen molar-refractivity contribution in [1.82, 2.24) is 4.98 Å². The van der Waals surface area contributed by atoms with Crippen molar-refractivity contribution in [1.29, 1.82) is 0 Å². The number of aromatic amines is 1. The summed E-state index contributed by atoms with van der Waals surface area (Å²) in [6.45, 7) is 4.87. The maximum atomic E-state index is 12.5. The van der Waals surface area contributed by atoms with Gasteiger partial charge in [0.2, 0.25) is 11.8 Å². The quantitative estimate of drug-likeness (QED) is 0.771. The highest BCUT2D eigenvalue weighted by atomic mass is 32.1. The van der Waals surface area contributed by atoms with E-state index in [2.05, 4.69) is 18.8 Å². The molecule has 2 heterocycles. The Morgan fingerprint density at radius 1 is 1.40 bits per heavy atom. The van der Waals surface area contributed by atoms with E-state index in [1.54, 1.807) is 7.11 Å². The lowest BCUT2D eigenvalue weighted by Crippen LogP contribution is -2.38. The van der Waals surface area contributed by atoms with Crippen molar-refractivity contribution >= 4 is 35.1 Å². The highest BCUT2D eigenvalue weighted by Gasteiger charge is 2.30. The van der Waals surface area contributed by atoms with Crippen LogP contribution in [0.15, 0.2) is 12.1 Å². The zero-order chi connectivity index (χ0) is 18.1. The number of anilines is 1. The molecule has 1 amide bonds. The third-order valence-electron chi connectivity index (χ3n) is 4.32. The average Bonchev–Trinajstić information content (AvgIpc) is 2.87. The molecule has 1 aliphatic rings. The summed E-state index contributed by atoms with van der Waals surface area (Å²) in [7, 11) is 1.63. The summed E-state index contributed by atoms with van der Waals surface area (Å²) in [5.41, 5.74) is 3.10. The van der Waals surface area contributed by atoms with Gasteiger partial charge < -0.3 is 19.7 Å². The Morgan fingerprint density at radius 2 is 2.16 bits per heavy atom. The number of benzene rings is 1. The Morgan fingerprint density at radius 3 is 2.76 bits per heavy atom. The summed E-state index contributed by atoms with van der Waals surface area (Å²) in [5.74, 6) is 1.35. The highest BCUT2D eigenvalue weighted by Crippen LogP contribution is 2.40. The van der Waals surface area contributed by atoms with Crippen molar-refractivity contribution in [3.05, 3.63) is 32.1 Å². The zero-order valence-corrected chi connectivity index (χ0v) is 16.2. The Bertz CT molecular complexity index is 854. The van der Waals surface area contributed by atoms with Gasteiger partial charge in [0.1, 0.15) is 5.75 Å². The van der Waals surface area contributed by atoms with Gasteiger partial charge in [-0.1, -0.05) is 19.9 Å². The fraction of sp³-hybridized carbons (Fsp3) is 0.444. The number of ether oxygens (including phenoxy) is 1. The molecule has 3 rings (SSSR count). The first-order valence-electron chi connectivity index (χ1n) is 8.30. The fourth-order valence-corrected chi connectivity index (χ4v) is 4.40. The number of thiazole rings is 1. The number of nitrogens with one attached hydrogen (secondary N) is 1. The molecule has 2 N–H and O–H groups in total. The number of hydrogen-bond acceptors (Lipinski definition) is 5. The first-order chi connectivity index (χ1) is 11.9. The largest absolute Gasteiger partial charge is 0.495 e. The summed E-state index contributed by atoms with van der Waals surface area (Å²) < 4.78 is 6.10. The minimum Gasteiger partial charge on any atom is -0.495 e. The molecule has 0 saturated carbocycles. The molecule has 1 aliphatic heterocycles. The first kappa shape index (κ1) is 17.9. The third-order valence-corrected chi connectivity index (χ3v) is 5.55. The van der Waals surface area contributed by atoms with Gasteiger partial charge in [-0.2, -0.15) is 0 Å². The van der Waals surface area contributed by atoms with E-state index in [1.807, 2.05) is 17.0 Å². The Hall–Kier alpha value is -1.86. The Kier molecular flexibility index (Phi) is 5.15. The van der Waals surface area contributed by atoms with Crippen LogP contribution in [0, 0.1) is 9.87 Å². The van der Waals surface area contributed by atoms with E-state index in [-0.39, 0.29) is 11.8 Å². The van der Waals surface area contributed by atoms with Crippen LogP contribution in [0.4, 0.5) is 5.69 Å². The van der Waals surface area contributed by atoms with E-state index < -0.39 is 0 Å². The predicted octanol–water partition coefficient (Wildman–Crippen LogP) is 4.05. The maximum Gasteiger partial charge on any atom is 0.227 e. The van der Waals surface area contributed by atoms with E-state index in [4.69, 9.17) is 17.0 Å². The third kappa shape index (κ3) is 3.57.